The smallest absolute Gasteiger partial charge is 0.297 e. The monoisotopic (exact) mass is 448 g/mol. The summed E-state index contributed by atoms with van der Waals surface area (Å²) >= 11 is 1.38. The Hall–Kier alpha value is -3.65. The zero-order chi connectivity index (χ0) is 22.6. The van der Waals surface area contributed by atoms with Gasteiger partial charge >= 0.3 is 0 Å². The zero-order valence-corrected chi connectivity index (χ0v) is 18.5. The predicted molar refractivity (Wildman–Crippen MR) is 122 cm³/mol. The normalized spacial score (nSPS) is 15.4. The number of phenols is 1. The molecule has 1 N–H and O–H groups in total. The quantitative estimate of drug-likeness (QED) is 0.486. The topological polar surface area (TPSA) is 92.9 Å². The number of aromatic nitrogens is 1. The Balaban J connectivity index is 1.80. The number of amides is 1. The van der Waals surface area contributed by atoms with Gasteiger partial charge < -0.3 is 14.3 Å². The van der Waals surface area contributed by atoms with Crippen LogP contribution in [0, 0.1) is 13.8 Å². The third-order valence-electron chi connectivity index (χ3n) is 5.60. The number of carbonyl (C=O) groups excluding carboxylic acids is 1. The molecule has 1 aliphatic heterocycles. The summed E-state index contributed by atoms with van der Waals surface area (Å²) in [5.74, 6) is -0.149. The van der Waals surface area contributed by atoms with Crippen LogP contribution in [0.5, 0.6) is 11.5 Å². The number of hydrogen-bond acceptors (Lipinski definition) is 7. The second-order valence-corrected chi connectivity index (χ2v) is 8.73. The fraction of sp³-hybridized carbons (Fsp3) is 0.208. The highest BCUT2D eigenvalue weighted by Crippen LogP contribution is 2.44. The summed E-state index contributed by atoms with van der Waals surface area (Å²) in [5, 5.41) is 11.1. The van der Waals surface area contributed by atoms with Gasteiger partial charge in [0, 0.05) is 4.88 Å². The number of nitrogens with zero attached hydrogens (tertiary/aromatic N) is 2. The van der Waals surface area contributed by atoms with Crippen molar-refractivity contribution in [1.29, 1.82) is 0 Å². The van der Waals surface area contributed by atoms with Crippen LogP contribution in [0.4, 0.5) is 5.13 Å². The third-order valence-corrected chi connectivity index (χ3v) is 6.67. The second-order valence-electron chi connectivity index (χ2n) is 7.55. The van der Waals surface area contributed by atoms with E-state index in [9.17, 15) is 14.7 Å². The number of fused-ring (bicyclic) bond motifs is 2. The molecule has 4 aromatic rings. The van der Waals surface area contributed by atoms with Gasteiger partial charge in [-0.25, -0.2) is 4.98 Å². The summed E-state index contributed by atoms with van der Waals surface area (Å²) in [5.41, 5.74) is 1.78. The molecule has 1 unspecified atom stereocenters. The molecule has 7 nitrogen and oxygen atoms in total. The van der Waals surface area contributed by atoms with Gasteiger partial charge in [0.2, 0.25) is 5.76 Å². The maximum absolute atomic E-state index is 13.6. The van der Waals surface area contributed by atoms with Crippen molar-refractivity contribution in [3.05, 3.63) is 80.1 Å². The van der Waals surface area contributed by atoms with Crippen LogP contribution >= 0.6 is 11.3 Å². The van der Waals surface area contributed by atoms with Gasteiger partial charge in [-0.15, -0.1) is 11.3 Å². The van der Waals surface area contributed by atoms with Crippen LogP contribution in [0.3, 0.4) is 0 Å². The van der Waals surface area contributed by atoms with Crippen LogP contribution in [0.15, 0.2) is 51.7 Å². The molecular formula is C24H20N2O5S. The minimum Gasteiger partial charge on any atom is -0.504 e. The molecular weight excluding hydrogens is 428 g/mol. The number of thiazole rings is 1. The van der Waals surface area contributed by atoms with Gasteiger partial charge in [0.25, 0.3) is 5.91 Å². The van der Waals surface area contributed by atoms with E-state index >= 15 is 0 Å². The minimum absolute atomic E-state index is 0.00948. The summed E-state index contributed by atoms with van der Waals surface area (Å²) in [6.45, 7) is 5.99. The summed E-state index contributed by atoms with van der Waals surface area (Å²) in [6, 6.07) is 11.0. The average molecular weight is 449 g/mol. The highest BCUT2D eigenvalue weighted by molar-refractivity contribution is 7.15. The fourth-order valence-electron chi connectivity index (χ4n) is 3.96. The molecule has 0 aliphatic carbocycles. The van der Waals surface area contributed by atoms with Crippen molar-refractivity contribution in [2.24, 2.45) is 0 Å². The van der Waals surface area contributed by atoms with Crippen molar-refractivity contribution in [1.82, 2.24) is 4.98 Å². The molecule has 0 saturated heterocycles. The molecule has 0 radical (unpaired) electrons. The van der Waals surface area contributed by atoms with Crippen LogP contribution in [0.25, 0.3) is 11.0 Å². The first-order chi connectivity index (χ1) is 15.4. The van der Waals surface area contributed by atoms with Crippen molar-refractivity contribution in [2.75, 3.05) is 11.5 Å². The van der Waals surface area contributed by atoms with Crippen LogP contribution in [-0.2, 0) is 0 Å². The average Bonchev–Trinajstić information content (AvgIpc) is 3.26. The lowest BCUT2D eigenvalue weighted by Crippen LogP contribution is -2.29. The first kappa shape index (κ1) is 20.3. The molecule has 8 heteroatoms. The maximum atomic E-state index is 13.6. The Kier molecular flexibility index (Phi) is 4.74. The van der Waals surface area contributed by atoms with Gasteiger partial charge in [0.05, 0.1) is 29.3 Å². The van der Waals surface area contributed by atoms with Gasteiger partial charge in [0.15, 0.2) is 22.1 Å². The van der Waals surface area contributed by atoms with Crippen molar-refractivity contribution in [3.63, 3.8) is 0 Å². The summed E-state index contributed by atoms with van der Waals surface area (Å²) < 4.78 is 11.5. The molecule has 5 rings (SSSR count). The minimum atomic E-state index is -0.761. The number of carbonyl (C=O) groups is 1. The number of hydrogen-bond donors (Lipinski definition) is 1. The Labute approximate surface area is 187 Å². The SMILES string of the molecule is CCOc1cc(C2c3c(oc4ccccc4c3=O)C(=O)N2c2nc(C)c(C)s2)ccc1O. The van der Waals surface area contributed by atoms with Crippen molar-refractivity contribution in [2.45, 2.75) is 26.8 Å². The highest BCUT2D eigenvalue weighted by Gasteiger charge is 2.45. The van der Waals surface area contributed by atoms with E-state index in [0.717, 1.165) is 10.6 Å². The summed E-state index contributed by atoms with van der Waals surface area (Å²) in [6.07, 6.45) is 0. The van der Waals surface area contributed by atoms with Gasteiger partial charge in [-0.1, -0.05) is 18.2 Å². The number of phenolic OH excluding ortho intramolecular Hbond substituents is 1. The maximum Gasteiger partial charge on any atom is 0.297 e. The molecule has 3 heterocycles. The van der Waals surface area contributed by atoms with E-state index < -0.39 is 11.9 Å². The van der Waals surface area contributed by atoms with E-state index in [-0.39, 0.29) is 28.3 Å². The Morgan fingerprint density at radius 2 is 1.97 bits per heavy atom. The van der Waals surface area contributed by atoms with E-state index in [2.05, 4.69) is 4.98 Å². The number of benzene rings is 2. The molecule has 0 fully saturated rings. The molecule has 1 amide bonds. The largest absolute Gasteiger partial charge is 0.504 e. The Bertz CT molecular complexity index is 1420. The van der Waals surface area contributed by atoms with Gasteiger partial charge in [-0.2, -0.15) is 0 Å². The van der Waals surface area contributed by atoms with Crippen LogP contribution in [0.2, 0.25) is 0 Å². The number of anilines is 1. The number of aryl methyl sites for hydroxylation is 2. The number of ether oxygens (including phenoxy) is 1. The second kappa shape index (κ2) is 7.49. The van der Waals surface area contributed by atoms with E-state index in [1.165, 1.54) is 22.3 Å². The summed E-state index contributed by atoms with van der Waals surface area (Å²) in [4.78, 5) is 34.2. The molecule has 32 heavy (non-hydrogen) atoms. The number of para-hydroxylation sites is 1. The zero-order valence-electron chi connectivity index (χ0n) is 17.7. The molecule has 1 atom stereocenters. The van der Waals surface area contributed by atoms with Crippen molar-refractivity contribution >= 4 is 33.3 Å². The molecule has 1 aliphatic rings. The Morgan fingerprint density at radius 3 is 2.69 bits per heavy atom. The van der Waals surface area contributed by atoms with Crippen molar-refractivity contribution < 1.29 is 19.1 Å². The van der Waals surface area contributed by atoms with Crippen LogP contribution in [-0.4, -0.2) is 22.6 Å². The Morgan fingerprint density at radius 1 is 1.19 bits per heavy atom. The van der Waals surface area contributed by atoms with Gasteiger partial charge in [-0.05, 0) is 50.6 Å². The van der Waals surface area contributed by atoms with E-state index in [0.29, 0.717) is 28.3 Å². The van der Waals surface area contributed by atoms with E-state index in [4.69, 9.17) is 9.15 Å². The molecule has 162 valence electrons. The first-order valence-corrected chi connectivity index (χ1v) is 11.0. The number of rotatable bonds is 4. The van der Waals surface area contributed by atoms with Crippen molar-refractivity contribution in [3.8, 4) is 11.5 Å². The number of aromatic hydroxyl groups is 1. The standard InChI is InChI=1S/C24H20N2O5S/c1-4-30-18-11-14(9-10-16(18)27)20-19-21(28)15-7-5-6-8-17(15)31-22(19)23(29)26(20)24-25-12(2)13(3)32-24/h5-11,20,27H,4H2,1-3H3. The van der Waals surface area contributed by atoms with Gasteiger partial charge in [0.1, 0.15) is 5.58 Å². The van der Waals surface area contributed by atoms with Crippen LogP contribution < -0.4 is 15.1 Å². The molecule has 2 aromatic carbocycles. The van der Waals surface area contributed by atoms with Crippen LogP contribution in [0.1, 0.15) is 45.2 Å². The lowest BCUT2D eigenvalue weighted by Gasteiger charge is -2.23. The van der Waals surface area contributed by atoms with E-state index in [1.54, 1.807) is 36.4 Å². The lowest BCUT2D eigenvalue weighted by atomic mass is 9.98. The molecule has 0 spiro atoms. The first-order valence-electron chi connectivity index (χ1n) is 10.2. The van der Waals surface area contributed by atoms with Gasteiger partial charge in [-0.3, -0.25) is 14.5 Å². The van der Waals surface area contributed by atoms with E-state index in [1.807, 2.05) is 20.8 Å². The molecule has 2 aromatic heterocycles. The fourth-order valence-corrected chi connectivity index (χ4v) is 4.90. The highest BCUT2D eigenvalue weighted by atomic mass is 32.1. The summed E-state index contributed by atoms with van der Waals surface area (Å²) in [7, 11) is 0. The lowest BCUT2D eigenvalue weighted by molar-refractivity contribution is 0.0971. The third kappa shape index (κ3) is 2.98. The molecule has 0 bridgehead atoms. The molecule has 0 saturated carbocycles. The predicted octanol–water partition coefficient (Wildman–Crippen LogP) is 4.72.